The molecule has 50 heavy (non-hydrogen) atoms. The van der Waals surface area contributed by atoms with Gasteiger partial charge in [-0.15, -0.1) is 0 Å². The van der Waals surface area contributed by atoms with Crippen molar-refractivity contribution in [3.63, 3.8) is 0 Å². The van der Waals surface area contributed by atoms with Gasteiger partial charge in [-0.1, -0.05) is 149 Å². The third-order valence-electron chi connectivity index (χ3n) is 11.4. The summed E-state index contributed by atoms with van der Waals surface area (Å²) >= 11 is 0. The molecule has 0 aromatic heterocycles. The van der Waals surface area contributed by atoms with Crippen molar-refractivity contribution in [2.75, 3.05) is 4.90 Å². The minimum atomic E-state index is -0.146. The zero-order valence-corrected chi connectivity index (χ0v) is 29.2. The Balaban J connectivity index is 1.15. The van der Waals surface area contributed by atoms with Crippen molar-refractivity contribution in [1.82, 2.24) is 0 Å². The summed E-state index contributed by atoms with van der Waals surface area (Å²) in [6.07, 6.45) is 0. The van der Waals surface area contributed by atoms with Crippen molar-refractivity contribution >= 4 is 17.1 Å². The van der Waals surface area contributed by atoms with Gasteiger partial charge in [0.2, 0.25) is 0 Å². The van der Waals surface area contributed by atoms with Gasteiger partial charge in [-0.05, 0) is 110 Å². The van der Waals surface area contributed by atoms with Gasteiger partial charge in [-0.2, -0.15) is 0 Å². The Bertz CT molecular complexity index is 2100. The van der Waals surface area contributed by atoms with Crippen molar-refractivity contribution in [3.8, 4) is 22.3 Å². The summed E-state index contributed by atoms with van der Waals surface area (Å²) in [6, 6.07) is 62.7. The lowest BCUT2D eigenvalue weighted by Crippen LogP contribution is -2.17. The molecule has 0 aliphatic heterocycles. The summed E-state index contributed by atoms with van der Waals surface area (Å²) in [7, 11) is 0. The minimum absolute atomic E-state index is 0.127. The Morgan fingerprint density at radius 3 is 1.22 bits per heavy atom. The lowest BCUT2D eigenvalue weighted by atomic mass is 9.78. The van der Waals surface area contributed by atoms with E-state index in [0.717, 1.165) is 11.4 Å². The molecule has 0 saturated heterocycles. The Morgan fingerprint density at radius 1 is 0.340 bits per heavy atom. The summed E-state index contributed by atoms with van der Waals surface area (Å²) in [5.74, 6) is 0.179. The Hall–Kier alpha value is -5.66. The van der Waals surface area contributed by atoms with E-state index in [1.165, 1.54) is 66.9 Å². The van der Waals surface area contributed by atoms with Gasteiger partial charge in [-0.3, -0.25) is 0 Å². The molecule has 0 unspecified atom stereocenters. The molecule has 242 valence electrons. The van der Waals surface area contributed by atoms with E-state index in [9.17, 15) is 0 Å². The Morgan fingerprint density at radius 2 is 0.740 bits per heavy atom. The number of para-hydroxylation sites is 2. The summed E-state index contributed by atoms with van der Waals surface area (Å²) in [6.45, 7) is 9.63. The molecule has 0 spiro atoms. The van der Waals surface area contributed by atoms with Crippen LogP contribution in [0.2, 0.25) is 0 Å². The number of benzene rings is 7. The highest BCUT2D eigenvalue weighted by Gasteiger charge is 2.42. The van der Waals surface area contributed by atoms with Gasteiger partial charge < -0.3 is 4.90 Å². The molecule has 0 fully saturated rings. The molecule has 7 aromatic carbocycles. The molecule has 0 amide bonds. The molecule has 0 radical (unpaired) electrons. The first-order valence-corrected chi connectivity index (χ1v) is 17.8. The second kappa shape index (κ2) is 11.5. The quantitative estimate of drug-likeness (QED) is 0.163. The molecule has 0 heterocycles. The topological polar surface area (TPSA) is 3.24 Å². The first kappa shape index (κ1) is 30.4. The number of fused-ring (bicyclic) bond motifs is 6. The first-order chi connectivity index (χ1) is 24.3. The highest BCUT2D eigenvalue weighted by molar-refractivity contribution is 5.91. The monoisotopic (exact) mass is 643 g/mol. The molecular formula is C49H41N. The van der Waals surface area contributed by atoms with Crippen LogP contribution in [0.3, 0.4) is 0 Å². The van der Waals surface area contributed by atoms with Gasteiger partial charge in [0.05, 0.1) is 0 Å². The second-order valence-electron chi connectivity index (χ2n) is 15.0. The summed E-state index contributed by atoms with van der Waals surface area (Å²) in [5.41, 5.74) is 18.3. The average Bonchev–Trinajstić information content (AvgIpc) is 3.51. The van der Waals surface area contributed by atoms with E-state index in [0.29, 0.717) is 0 Å². The smallest absolute Gasteiger partial charge is 0.0465 e. The molecule has 0 bridgehead atoms. The van der Waals surface area contributed by atoms with Crippen LogP contribution in [0.4, 0.5) is 17.1 Å². The van der Waals surface area contributed by atoms with Crippen LogP contribution in [0.5, 0.6) is 0 Å². The summed E-state index contributed by atoms with van der Waals surface area (Å²) in [4.78, 5) is 2.37. The van der Waals surface area contributed by atoms with Crippen molar-refractivity contribution in [2.24, 2.45) is 0 Å². The van der Waals surface area contributed by atoms with E-state index in [2.05, 4.69) is 202 Å². The van der Waals surface area contributed by atoms with Crippen LogP contribution in [-0.2, 0) is 10.8 Å². The number of rotatable bonds is 6. The maximum Gasteiger partial charge on any atom is 0.0465 e. The van der Waals surface area contributed by atoms with Crippen LogP contribution < -0.4 is 4.90 Å². The molecule has 2 aliphatic carbocycles. The van der Waals surface area contributed by atoms with Gasteiger partial charge in [0.1, 0.15) is 0 Å². The molecule has 7 aromatic rings. The van der Waals surface area contributed by atoms with Crippen LogP contribution in [-0.4, -0.2) is 0 Å². The zero-order valence-electron chi connectivity index (χ0n) is 29.2. The maximum absolute atomic E-state index is 2.52. The first-order valence-electron chi connectivity index (χ1n) is 17.8. The lowest BCUT2D eigenvalue weighted by Gasteiger charge is -2.28. The predicted octanol–water partition coefficient (Wildman–Crippen LogP) is 12.9. The van der Waals surface area contributed by atoms with Gasteiger partial charge in [-0.25, -0.2) is 0 Å². The standard InChI is InChI=1S/C49H41N/c1-48(2)43-29-35(47(33-17-9-5-10-18-33)34-19-11-6-12-20-34)25-27-39(43)41-31-46-42(32-45(41)48)40-28-26-38(30-44(40)49(46,3)4)50(36-21-13-7-14-22-36)37-23-15-8-16-24-37/h5-32,47H,1-4H3. The third kappa shape index (κ3) is 4.68. The SMILES string of the molecule is CC1(C)c2cc(C(c3ccccc3)c3ccccc3)ccc2-c2cc3c(cc21)-c1ccc(N(c2ccccc2)c2ccccc2)cc1C3(C)C. The van der Waals surface area contributed by atoms with Crippen LogP contribution >= 0.6 is 0 Å². The summed E-state index contributed by atoms with van der Waals surface area (Å²) in [5, 5.41) is 0. The number of anilines is 3. The van der Waals surface area contributed by atoms with Gasteiger partial charge >= 0.3 is 0 Å². The molecule has 0 N–H and O–H groups in total. The van der Waals surface area contributed by atoms with E-state index < -0.39 is 0 Å². The fourth-order valence-electron chi connectivity index (χ4n) is 8.76. The van der Waals surface area contributed by atoms with E-state index in [4.69, 9.17) is 0 Å². The molecule has 0 saturated carbocycles. The van der Waals surface area contributed by atoms with E-state index >= 15 is 0 Å². The number of hydrogen-bond donors (Lipinski definition) is 0. The average molecular weight is 644 g/mol. The van der Waals surface area contributed by atoms with Crippen LogP contribution in [0, 0.1) is 0 Å². The van der Waals surface area contributed by atoms with Crippen molar-refractivity contribution in [2.45, 2.75) is 44.4 Å². The van der Waals surface area contributed by atoms with Crippen molar-refractivity contribution in [3.05, 3.63) is 209 Å². The fourth-order valence-corrected chi connectivity index (χ4v) is 8.76. The maximum atomic E-state index is 2.52. The predicted molar refractivity (Wildman–Crippen MR) is 210 cm³/mol. The molecule has 9 rings (SSSR count). The second-order valence-corrected chi connectivity index (χ2v) is 15.0. The van der Waals surface area contributed by atoms with Crippen LogP contribution in [0.15, 0.2) is 170 Å². The lowest BCUT2D eigenvalue weighted by molar-refractivity contribution is 0.651. The van der Waals surface area contributed by atoms with Crippen molar-refractivity contribution < 1.29 is 0 Å². The normalized spacial score (nSPS) is 14.5. The molecule has 0 atom stereocenters. The highest BCUT2D eigenvalue weighted by atomic mass is 15.1. The van der Waals surface area contributed by atoms with Gasteiger partial charge in [0.15, 0.2) is 0 Å². The van der Waals surface area contributed by atoms with Crippen molar-refractivity contribution in [1.29, 1.82) is 0 Å². The Labute approximate surface area is 296 Å². The van der Waals surface area contributed by atoms with E-state index in [1.54, 1.807) is 0 Å². The number of hydrogen-bond acceptors (Lipinski definition) is 1. The van der Waals surface area contributed by atoms with Gasteiger partial charge in [0.25, 0.3) is 0 Å². The highest BCUT2D eigenvalue weighted by Crippen LogP contribution is 2.57. The minimum Gasteiger partial charge on any atom is -0.310 e. The summed E-state index contributed by atoms with van der Waals surface area (Å²) < 4.78 is 0. The third-order valence-corrected chi connectivity index (χ3v) is 11.4. The van der Waals surface area contributed by atoms with Gasteiger partial charge in [0, 0.05) is 33.8 Å². The van der Waals surface area contributed by atoms with Crippen LogP contribution in [0.1, 0.15) is 72.6 Å². The Kier molecular flexibility index (Phi) is 6.97. The molecular weight excluding hydrogens is 603 g/mol. The van der Waals surface area contributed by atoms with Crippen LogP contribution in [0.25, 0.3) is 22.3 Å². The van der Waals surface area contributed by atoms with E-state index in [-0.39, 0.29) is 16.7 Å². The molecule has 2 aliphatic rings. The molecule has 1 heteroatoms. The number of nitrogens with zero attached hydrogens (tertiary/aromatic N) is 1. The largest absolute Gasteiger partial charge is 0.310 e. The fraction of sp³-hybridized carbons (Fsp3) is 0.143. The van der Waals surface area contributed by atoms with E-state index in [1.807, 2.05) is 0 Å². The molecule has 1 nitrogen and oxygen atoms in total. The zero-order chi connectivity index (χ0) is 34.0.